The molecule has 0 N–H and O–H groups in total. The Balaban J connectivity index is 2.90. The molecule has 0 saturated heterocycles. The van der Waals surface area contributed by atoms with E-state index in [0.717, 1.165) is 12.8 Å². The first-order valence-electron chi connectivity index (χ1n) is 5.68. The second-order valence-corrected chi connectivity index (χ2v) is 6.25. The van der Waals surface area contributed by atoms with Gasteiger partial charge in [0.1, 0.15) is 0 Å². The van der Waals surface area contributed by atoms with Crippen molar-refractivity contribution in [2.24, 2.45) is 0 Å². The summed E-state index contributed by atoms with van der Waals surface area (Å²) in [6.07, 6.45) is 4.64. The smallest absolute Gasteiger partial charge is 0.258 e. The lowest BCUT2D eigenvalue weighted by atomic mass is 10.3. The highest BCUT2D eigenvalue weighted by atomic mass is 31.1. The molecule has 0 bridgehead atoms. The number of non-ortho nitro benzene ring substituents is 1. The topological polar surface area (TPSA) is 43.1 Å². The average molecular weight is 239 g/mol. The molecule has 0 aliphatic carbocycles. The van der Waals surface area contributed by atoms with Crippen molar-refractivity contribution in [3.63, 3.8) is 0 Å². The number of nitro groups is 1. The monoisotopic (exact) mass is 239 g/mol. The number of hydrogen-bond acceptors (Lipinski definition) is 2. The fourth-order valence-corrected chi connectivity index (χ4v) is 4.14. The van der Waals surface area contributed by atoms with Crippen molar-refractivity contribution < 1.29 is 4.92 Å². The number of hydrogen-bond donors (Lipinski definition) is 0. The van der Waals surface area contributed by atoms with Gasteiger partial charge < -0.3 is 0 Å². The second kappa shape index (κ2) is 6.59. The quantitative estimate of drug-likeness (QED) is 0.433. The molecular weight excluding hydrogens is 221 g/mol. The van der Waals surface area contributed by atoms with Gasteiger partial charge >= 0.3 is 0 Å². The minimum Gasteiger partial charge on any atom is -0.258 e. The molecule has 0 fully saturated rings. The first-order valence-corrected chi connectivity index (χ1v) is 7.39. The summed E-state index contributed by atoms with van der Waals surface area (Å²) in [5, 5.41) is 11.9. The van der Waals surface area contributed by atoms with Gasteiger partial charge in [0.15, 0.2) is 0 Å². The molecule has 0 aromatic heterocycles. The van der Waals surface area contributed by atoms with Crippen LogP contribution in [0.15, 0.2) is 24.3 Å². The lowest BCUT2D eigenvalue weighted by Crippen LogP contribution is -2.06. The van der Waals surface area contributed by atoms with Gasteiger partial charge in [-0.3, -0.25) is 10.1 Å². The van der Waals surface area contributed by atoms with Crippen LogP contribution in [-0.2, 0) is 0 Å². The van der Waals surface area contributed by atoms with Crippen LogP contribution in [0, 0.1) is 10.1 Å². The van der Waals surface area contributed by atoms with Crippen molar-refractivity contribution in [2.75, 3.05) is 12.3 Å². The molecule has 1 aromatic rings. The molecule has 0 heterocycles. The van der Waals surface area contributed by atoms with Gasteiger partial charge in [0.05, 0.1) is 4.92 Å². The molecule has 16 heavy (non-hydrogen) atoms. The molecule has 0 aliphatic heterocycles. The van der Waals surface area contributed by atoms with Crippen LogP contribution < -0.4 is 5.30 Å². The molecule has 0 amide bonds. The van der Waals surface area contributed by atoms with Crippen LogP contribution in [-0.4, -0.2) is 17.2 Å². The Morgan fingerprint density at radius 1 is 1.25 bits per heavy atom. The molecule has 1 rings (SSSR count). The van der Waals surface area contributed by atoms with Gasteiger partial charge in [-0.05, 0) is 17.6 Å². The third-order valence-electron chi connectivity index (χ3n) is 2.39. The third kappa shape index (κ3) is 3.57. The normalized spacial score (nSPS) is 10.7. The summed E-state index contributed by atoms with van der Waals surface area (Å²) in [5.74, 6) is 0. The Kier molecular flexibility index (Phi) is 5.41. The first kappa shape index (κ1) is 13.1. The fraction of sp³-hybridized carbons (Fsp3) is 0.500. The van der Waals surface area contributed by atoms with Gasteiger partial charge in [0.25, 0.3) is 5.69 Å². The van der Waals surface area contributed by atoms with Gasteiger partial charge in [0, 0.05) is 12.1 Å². The van der Waals surface area contributed by atoms with Gasteiger partial charge in [-0.2, -0.15) is 0 Å². The molecule has 3 nitrogen and oxygen atoms in total. The summed E-state index contributed by atoms with van der Waals surface area (Å²) in [6.45, 7) is 4.34. The van der Waals surface area contributed by atoms with E-state index in [1.807, 2.05) is 6.07 Å². The Morgan fingerprint density at radius 2 is 1.88 bits per heavy atom. The standard InChI is InChI=1S/C12H18NO2P/c1-3-8-16(9-4-2)12-7-5-6-11(10-12)13(14)15/h5-7,10H,3-4,8-9H2,1-2H3. The van der Waals surface area contributed by atoms with Crippen LogP contribution in [0.4, 0.5) is 5.69 Å². The second-order valence-electron chi connectivity index (χ2n) is 3.76. The molecule has 0 radical (unpaired) electrons. The van der Waals surface area contributed by atoms with Crippen LogP contribution in [0.25, 0.3) is 0 Å². The van der Waals surface area contributed by atoms with Crippen LogP contribution in [0.1, 0.15) is 26.7 Å². The molecule has 1 aromatic carbocycles. The van der Waals surface area contributed by atoms with Gasteiger partial charge in [-0.15, -0.1) is 0 Å². The van der Waals surface area contributed by atoms with E-state index in [-0.39, 0.29) is 18.5 Å². The molecule has 0 aliphatic rings. The van der Waals surface area contributed by atoms with Crippen molar-refractivity contribution in [1.29, 1.82) is 0 Å². The Labute approximate surface area is 97.8 Å². The Hall–Kier alpha value is -0.950. The Bertz CT molecular complexity index is 349. The maximum Gasteiger partial charge on any atom is 0.270 e. The zero-order valence-corrected chi connectivity index (χ0v) is 10.7. The average Bonchev–Trinajstić information content (AvgIpc) is 2.29. The first-order chi connectivity index (χ1) is 7.69. The van der Waals surface area contributed by atoms with Crippen LogP contribution in [0.2, 0.25) is 0 Å². The molecular formula is C12H18NO2P. The summed E-state index contributed by atoms with van der Waals surface area (Å²) in [7, 11) is -0.201. The molecule has 0 saturated carbocycles. The summed E-state index contributed by atoms with van der Waals surface area (Å²) in [6, 6.07) is 7.14. The van der Waals surface area contributed by atoms with Gasteiger partial charge in [-0.25, -0.2) is 0 Å². The van der Waals surface area contributed by atoms with Crippen LogP contribution in [0.3, 0.4) is 0 Å². The van der Waals surface area contributed by atoms with Crippen LogP contribution in [0.5, 0.6) is 0 Å². The number of nitrogens with zero attached hydrogens (tertiary/aromatic N) is 1. The molecule has 0 unspecified atom stereocenters. The van der Waals surface area contributed by atoms with E-state index >= 15 is 0 Å². The molecule has 4 heteroatoms. The van der Waals surface area contributed by atoms with E-state index in [2.05, 4.69) is 13.8 Å². The van der Waals surface area contributed by atoms with E-state index < -0.39 is 0 Å². The SMILES string of the molecule is CCCP(CCC)c1cccc([N+](=O)[O-])c1. The van der Waals surface area contributed by atoms with E-state index in [0.29, 0.717) is 0 Å². The fourth-order valence-electron chi connectivity index (χ4n) is 1.71. The minimum atomic E-state index is -0.311. The summed E-state index contributed by atoms with van der Waals surface area (Å²) < 4.78 is 0. The number of benzene rings is 1. The van der Waals surface area contributed by atoms with Crippen molar-refractivity contribution >= 4 is 18.9 Å². The number of rotatable bonds is 6. The lowest BCUT2D eigenvalue weighted by molar-refractivity contribution is -0.384. The third-order valence-corrected chi connectivity index (χ3v) is 5.38. The summed E-state index contributed by atoms with van der Waals surface area (Å²) in [5.41, 5.74) is 0.220. The Morgan fingerprint density at radius 3 is 2.38 bits per heavy atom. The van der Waals surface area contributed by atoms with Gasteiger partial charge in [0.2, 0.25) is 0 Å². The van der Waals surface area contributed by atoms with E-state index in [1.54, 1.807) is 18.2 Å². The molecule has 0 atom stereocenters. The predicted molar refractivity (Wildman–Crippen MR) is 70.0 cm³/mol. The highest BCUT2D eigenvalue weighted by molar-refractivity contribution is 7.65. The molecule has 0 spiro atoms. The highest BCUT2D eigenvalue weighted by Crippen LogP contribution is 2.36. The number of nitro benzene ring substituents is 1. The maximum atomic E-state index is 10.7. The zero-order valence-electron chi connectivity index (χ0n) is 9.85. The minimum absolute atomic E-state index is 0.201. The van der Waals surface area contributed by atoms with Gasteiger partial charge in [-0.1, -0.05) is 46.7 Å². The van der Waals surface area contributed by atoms with E-state index in [1.165, 1.54) is 17.6 Å². The maximum absolute atomic E-state index is 10.7. The summed E-state index contributed by atoms with van der Waals surface area (Å²) >= 11 is 0. The zero-order chi connectivity index (χ0) is 12.0. The van der Waals surface area contributed by atoms with Crippen molar-refractivity contribution in [3.8, 4) is 0 Å². The largest absolute Gasteiger partial charge is 0.270 e. The van der Waals surface area contributed by atoms with Crippen molar-refractivity contribution in [1.82, 2.24) is 0 Å². The van der Waals surface area contributed by atoms with Crippen molar-refractivity contribution in [2.45, 2.75) is 26.7 Å². The predicted octanol–water partition coefficient (Wildman–Crippen LogP) is 3.52. The summed E-state index contributed by atoms with van der Waals surface area (Å²) in [4.78, 5) is 10.4. The van der Waals surface area contributed by atoms with Crippen molar-refractivity contribution in [3.05, 3.63) is 34.4 Å². The van der Waals surface area contributed by atoms with Crippen LogP contribution >= 0.6 is 7.92 Å². The van der Waals surface area contributed by atoms with E-state index in [4.69, 9.17) is 0 Å². The lowest BCUT2D eigenvalue weighted by Gasteiger charge is -2.16. The highest BCUT2D eigenvalue weighted by Gasteiger charge is 2.12. The molecule has 88 valence electrons. The van der Waals surface area contributed by atoms with E-state index in [9.17, 15) is 10.1 Å².